The summed E-state index contributed by atoms with van der Waals surface area (Å²) in [5, 5.41) is 4.02. The van der Waals surface area contributed by atoms with Gasteiger partial charge in [0.2, 0.25) is 0 Å². The molecule has 0 radical (unpaired) electrons. The first-order valence-electron chi connectivity index (χ1n) is 7.87. The van der Waals surface area contributed by atoms with Crippen molar-refractivity contribution in [3.8, 4) is 0 Å². The molecule has 1 aromatic rings. The number of esters is 1. The molecule has 0 saturated heterocycles. The number of carbonyl (C=O) groups excluding carboxylic acids is 1. The number of carbonyl (C=O) groups is 1. The number of nitrogens with one attached hydrogen (secondary N) is 1. The largest absolute Gasteiger partial charge is 0.469 e. The zero-order chi connectivity index (χ0) is 17.1. The number of hydrogen-bond donors (Lipinski definition) is 1. The zero-order valence-corrected chi connectivity index (χ0v) is 14.9. The Kier molecular flexibility index (Phi) is 9.14. The summed E-state index contributed by atoms with van der Waals surface area (Å²) < 4.78 is 4.62. The molecule has 0 saturated carbocycles. The van der Waals surface area contributed by atoms with Gasteiger partial charge in [-0.2, -0.15) is 0 Å². The fourth-order valence-electron chi connectivity index (χ4n) is 2.12. The third-order valence-corrected chi connectivity index (χ3v) is 3.52. The fourth-order valence-corrected chi connectivity index (χ4v) is 2.33. The van der Waals surface area contributed by atoms with Gasteiger partial charge in [-0.05, 0) is 37.5 Å². The van der Waals surface area contributed by atoms with Gasteiger partial charge in [0.05, 0.1) is 7.11 Å². The molecule has 1 N–H and O–H groups in total. The van der Waals surface area contributed by atoms with Gasteiger partial charge in [0.15, 0.2) is 5.96 Å². The topological polar surface area (TPSA) is 53.9 Å². The third-order valence-electron chi connectivity index (χ3n) is 3.28. The van der Waals surface area contributed by atoms with Crippen LogP contribution in [0.2, 0.25) is 5.02 Å². The number of rotatable bonds is 8. The summed E-state index contributed by atoms with van der Waals surface area (Å²) in [6.07, 6.45) is 2.09. The van der Waals surface area contributed by atoms with Crippen LogP contribution < -0.4 is 5.32 Å². The predicted molar refractivity (Wildman–Crippen MR) is 94.8 cm³/mol. The van der Waals surface area contributed by atoms with Gasteiger partial charge in [-0.1, -0.05) is 23.7 Å². The van der Waals surface area contributed by atoms with Crippen LogP contribution in [0, 0.1) is 0 Å². The first-order valence-corrected chi connectivity index (χ1v) is 8.25. The van der Waals surface area contributed by atoms with E-state index in [9.17, 15) is 4.79 Å². The molecule has 0 unspecified atom stereocenters. The van der Waals surface area contributed by atoms with E-state index >= 15 is 0 Å². The van der Waals surface area contributed by atoms with Gasteiger partial charge >= 0.3 is 5.97 Å². The maximum atomic E-state index is 11.1. The van der Waals surface area contributed by atoms with Crippen LogP contribution in [0.1, 0.15) is 31.7 Å². The van der Waals surface area contributed by atoms with E-state index < -0.39 is 0 Å². The van der Waals surface area contributed by atoms with E-state index in [1.165, 1.54) is 7.11 Å². The van der Waals surface area contributed by atoms with Crippen LogP contribution in [0.4, 0.5) is 0 Å². The highest BCUT2D eigenvalue weighted by Gasteiger charge is 2.07. The average Bonchev–Trinajstić information content (AvgIpc) is 2.53. The van der Waals surface area contributed by atoms with Crippen molar-refractivity contribution in [1.29, 1.82) is 0 Å². The van der Waals surface area contributed by atoms with Crippen LogP contribution in [-0.4, -0.2) is 44.1 Å². The second kappa shape index (κ2) is 10.9. The van der Waals surface area contributed by atoms with Crippen molar-refractivity contribution >= 4 is 23.5 Å². The van der Waals surface area contributed by atoms with Crippen molar-refractivity contribution in [3.05, 3.63) is 34.9 Å². The van der Waals surface area contributed by atoms with E-state index in [2.05, 4.69) is 19.9 Å². The Balaban J connectivity index is 2.51. The Bertz CT molecular complexity index is 520. The normalized spacial score (nSPS) is 11.2. The molecule has 0 atom stereocenters. The molecule has 0 fully saturated rings. The van der Waals surface area contributed by atoms with Crippen molar-refractivity contribution in [1.82, 2.24) is 10.2 Å². The van der Waals surface area contributed by atoms with Gasteiger partial charge in [0.1, 0.15) is 0 Å². The molecule has 1 aromatic carbocycles. The molecule has 0 aromatic heterocycles. The fraction of sp³-hybridized carbons (Fsp3) is 0.529. The highest BCUT2D eigenvalue weighted by atomic mass is 35.5. The first kappa shape index (κ1) is 19.3. The molecular formula is C17H26ClN3O2. The molecule has 128 valence electrons. The minimum atomic E-state index is -0.168. The molecule has 0 aliphatic heterocycles. The second-order valence-corrected chi connectivity index (χ2v) is 5.69. The molecule has 5 nitrogen and oxygen atoms in total. The van der Waals surface area contributed by atoms with Gasteiger partial charge in [-0.25, -0.2) is 0 Å². The van der Waals surface area contributed by atoms with Crippen molar-refractivity contribution < 1.29 is 9.53 Å². The Morgan fingerprint density at radius 3 is 2.83 bits per heavy atom. The lowest BCUT2D eigenvalue weighted by atomic mass is 10.2. The molecule has 0 aliphatic rings. The summed E-state index contributed by atoms with van der Waals surface area (Å²) in [5.74, 6) is 0.685. The minimum absolute atomic E-state index is 0.168. The molecule has 0 heterocycles. The number of ether oxygens (including phenoxy) is 1. The summed E-state index contributed by atoms with van der Waals surface area (Å²) in [6.45, 7) is 4.26. The average molecular weight is 340 g/mol. The SMILES string of the molecule is CCNC(=NCCCCC(=O)OC)N(C)Cc1cccc(Cl)c1. The molecule has 0 amide bonds. The lowest BCUT2D eigenvalue weighted by Crippen LogP contribution is -2.38. The van der Waals surface area contributed by atoms with E-state index in [1.807, 2.05) is 38.2 Å². The quantitative estimate of drug-likeness (QED) is 0.342. The van der Waals surface area contributed by atoms with Crippen molar-refractivity contribution in [2.45, 2.75) is 32.7 Å². The third kappa shape index (κ3) is 7.88. The Labute approximate surface area is 143 Å². The monoisotopic (exact) mass is 339 g/mol. The van der Waals surface area contributed by atoms with E-state index in [0.29, 0.717) is 13.0 Å². The van der Waals surface area contributed by atoms with Crippen LogP contribution in [0.5, 0.6) is 0 Å². The molecule has 6 heteroatoms. The summed E-state index contributed by atoms with van der Waals surface area (Å²) >= 11 is 6.02. The second-order valence-electron chi connectivity index (χ2n) is 5.25. The first-order chi connectivity index (χ1) is 11.1. The number of unbranched alkanes of at least 4 members (excludes halogenated alkanes) is 1. The van der Waals surface area contributed by atoms with E-state index in [0.717, 1.165) is 42.5 Å². The van der Waals surface area contributed by atoms with Gasteiger partial charge in [0.25, 0.3) is 0 Å². The van der Waals surface area contributed by atoms with Crippen LogP contribution in [0.3, 0.4) is 0 Å². The summed E-state index contributed by atoms with van der Waals surface area (Å²) in [7, 11) is 3.41. The zero-order valence-electron chi connectivity index (χ0n) is 14.1. The lowest BCUT2D eigenvalue weighted by molar-refractivity contribution is -0.140. The van der Waals surface area contributed by atoms with Crippen LogP contribution in [0.25, 0.3) is 0 Å². The molecule has 1 rings (SSSR count). The molecule has 0 spiro atoms. The maximum Gasteiger partial charge on any atom is 0.305 e. The van der Waals surface area contributed by atoms with Gasteiger partial charge < -0.3 is 15.0 Å². The molecule has 0 aliphatic carbocycles. The van der Waals surface area contributed by atoms with Gasteiger partial charge in [-0.15, -0.1) is 0 Å². The highest BCUT2D eigenvalue weighted by Crippen LogP contribution is 2.12. The Morgan fingerprint density at radius 2 is 2.17 bits per heavy atom. The molecular weight excluding hydrogens is 314 g/mol. The number of guanidine groups is 1. The van der Waals surface area contributed by atoms with Crippen molar-refractivity contribution in [2.75, 3.05) is 27.2 Å². The number of nitrogens with zero attached hydrogens (tertiary/aromatic N) is 2. The molecule has 0 bridgehead atoms. The van der Waals surface area contributed by atoms with Crippen LogP contribution >= 0.6 is 11.6 Å². The number of aliphatic imine (C=N–C) groups is 1. The Morgan fingerprint density at radius 1 is 1.39 bits per heavy atom. The molecule has 23 heavy (non-hydrogen) atoms. The smallest absolute Gasteiger partial charge is 0.305 e. The number of halogens is 1. The van der Waals surface area contributed by atoms with Gasteiger partial charge in [-0.3, -0.25) is 9.79 Å². The van der Waals surface area contributed by atoms with Crippen molar-refractivity contribution in [3.63, 3.8) is 0 Å². The predicted octanol–water partition coefficient (Wildman–Crippen LogP) is 3.08. The summed E-state index contributed by atoms with van der Waals surface area (Å²) in [6, 6.07) is 7.81. The van der Waals surface area contributed by atoms with Gasteiger partial charge in [0, 0.05) is 38.1 Å². The van der Waals surface area contributed by atoms with Crippen LogP contribution in [0.15, 0.2) is 29.3 Å². The van der Waals surface area contributed by atoms with E-state index in [4.69, 9.17) is 11.6 Å². The Hall–Kier alpha value is -1.75. The lowest BCUT2D eigenvalue weighted by Gasteiger charge is -2.22. The van der Waals surface area contributed by atoms with Crippen LogP contribution in [-0.2, 0) is 16.1 Å². The number of benzene rings is 1. The highest BCUT2D eigenvalue weighted by molar-refractivity contribution is 6.30. The number of hydrogen-bond acceptors (Lipinski definition) is 3. The summed E-state index contributed by atoms with van der Waals surface area (Å²) in [5.41, 5.74) is 1.14. The minimum Gasteiger partial charge on any atom is -0.469 e. The standard InChI is InChI=1S/C17H26ClN3O2/c1-4-19-17(20-11-6-5-10-16(22)23-3)21(2)13-14-8-7-9-15(18)12-14/h7-9,12H,4-6,10-11,13H2,1-3H3,(H,19,20). The number of methoxy groups -OCH3 is 1. The van der Waals surface area contributed by atoms with E-state index in [1.54, 1.807) is 0 Å². The summed E-state index contributed by atoms with van der Waals surface area (Å²) in [4.78, 5) is 17.7. The maximum absolute atomic E-state index is 11.1. The van der Waals surface area contributed by atoms with E-state index in [-0.39, 0.29) is 5.97 Å². The van der Waals surface area contributed by atoms with Crippen molar-refractivity contribution in [2.24, 2.45) is 4.99 Å².